The van der Waals surface area contributed by atoms with Crippen molar-refractivity contribution in [1.29, 1.82) is 0 Å². The number of hydrogen-bond acceptors (Lipinski definition) is 3. The third kappa shape index (κ3) is 4.42. The van der Waals surface area contributed by atoms with Crippen LogP contribution in [0.5, 0.6) is 0 Å². The van der Waals surface area contributed by atoms with Gasteiger partial charge >= 0.3 is 12.0 Å². The SMILES string of the molecule is CC1(C(=O)O)CCN(C(=O)NC2CCN(c3ccc(C(C)(C)C)cc3)CC2)C1. The van der Waals surface area contributed by atoms with Crippen LogP contribution in [-0.2, 0) is 10.2 Å². The van der Waals surface area contributed by atoms with Gasteiger partial charge in [0.25, 0.3) is 0 Å². The minimum atomic E-state index is -0.825. The van der Waals surface area contributed by atoms with Crippen molar-refractivity contribution in [2.45, 2.75) is 58.4 Å². The average molecular weight is 388 g/mol. The second-order valence-corrected chi connectivity index (χ2v) is 9.55. The first-order chi connectivity index (χ1) is 13.1. The van der Waals surface area contributed by atoms with Gasteiger partial charge in [0.1, 0.15) is 0 Å². The summed E-state index contributed by atoms with van der Waals surface area (Å²) in [7, 11) is 0. The molecule has 1 aromatic carbocycles. The Kier molecular flexibility index (Phi) is 5.60. The van der Waals surface area contributed by atoms with Gasteiger partial charge in [0.05, 0.1) is 5.41 Å². The zero-order valence-corrected chi connectivity index (χ0v) is 17.5. The number of carbonyl (C=O) groups is 2. The number of piperidine rings is 1. The van der Waals surface area contributed by atoms with Gasteiger partial charge in [0.15, 0.2) is 0 Å². The summed E-state index contributed by atoms with van der Waals surface area (Å²) in [6.45, 7) is 11.0. The molecular formula is C22H33N3O3. The van der Waals surface area contributed by atoms with Crippen LogP contribution in [0.4, 0.5) is 10.5 Å². The van der Waals surface area contributed by atoms with Crippen LogP contribution >= 0.6 is 0 Å². The molecule has 154 valence electrons. The fraction of sp³-hybridized carbons (Fsp3) is 0.636. The highest BCUT2D eigenvalue weighted by molar-refractivity contribution is 5.79. The largest absolute Gasteiger partial charge is 0.481 e. The van der Waals surface area contributed by atoms with Crippen molar-refractivity contribution in [2.24, 2.45) is 5.41 Å². The predicted molar refractivity (Wildman–Crippen MR) is 111 cm³/mol. The van der Waals surface area contributed by atoms with Crippen molar-refractivity contribution in [3.63, 3.8) is 0 Å². The number of aliphatic carboxylic acids is 1. The maximum absolute atomic E-state index is 12.5. The van der Waals surface area contributed by atoms with E-state index in [1.54, 1.807) is 11.8 Å². The van der Waals surface area contributed by atoms with Crippen LogP contribution < -0.4 is 10.2 Å². The topological polar surface area (TPSA) is 72.9 Å². The summed E-state index contributed by atoms with van der Waals surface area (Å²) in [5, 5.41) is 12.4. The van der Waals surface area contributed by atoms with Crippen molar-refractivity contribution in [3.05, 3.63) is 29.8 Å². The molecule has 2 aliphatic heterocycles. The lowest BCUT2D eigenvalue weighted by Gasteiger charge is -2.35. The zero-order chi connectivity index (χ0) is 20.5. The molecule has 2 saturated heterocycles. The summed E-state index contributed by atoms with van der Waals surface area (Å²) >= 11 is 0. The number of carbonyl (C=O) groups excluding carboxylic acids is 1. The van der Waals surface area contributed by atoms with Gasteiger partial charge in [-0.05, 0) is 49.3 Å². The number of carboxylic acid groups (broad SMARTS) is 1. The van der Waals surface area contributed by atoms with E-state index in [2.05, 4.69) is 55.3 Å². The number of nitrogens with one attached hydrogen (secondary N) is 1. The van der Waals surface area contributed by atoms with Crippen LogP contribution in [-0.4, -0.2) is 54.2 Å². The van der Waals surface area contributed by atoms with Crippen LogP contribution in [0.3, 0.4) is 0 Å². The summed E-state index contributed by atoms with van der Waals surface area (Å²) in [6, 6.07) is 8.81. The van der Waals surface area contributed by atoms with Gasteiger partial charge in [-0.3, -0.25) is 4.79 Å². The molecule has 1 aromatic rings. The molecule has 1 atom stereocenters. The monoisotopic (exact) mass is 387 g/mol. The molecule has 0 radical (unpaired) electrons. The molecule has 0 spiro atoms. The highest BCUT2D eigenvalue weighted by Crippen LogP contribution is 2.30. The molecule has 28 heavy (non-hydrogen) atoms. The van der Waals surface area contributed by atoms with Gasteiger partial charge in [-0.15, -0.1) is 0 Å². The van der Waals surface area contributed by atoms with E-state index >= 15 is 0 Å². The molecule has 3 rings (SSSR count). The van der Waals surface area contributed by atoms with Gasteiger partial charge in [-0.1, -0.05) is 32.9 Å². The Morgan fingerprint density at radius 2 is 1.71 bits per heavy atom. The molecule has 2 fully saturated rings. The summed E-state index contributed by atoms with van der Waals surface area (Å²) in [4.78, 5) is 27.9. The third-order valence-electron chi connectivity index (χ3n) is 6.20. The van der Waals surface area contributed by atoms with Crippen molar-refractivity contribution in [3.8, 4) is 0 Å². The number of carboxylic acids is 1. The fourth-order valence-electron chi connectivity index (χ4n) is 4.03. The molecule has 6 heteroatoms. The first kappa shape index (κ1) is 20.5. The lowest BCUT2D eigenvalue weighted by molar-refractivity contribution is -0.147. The van der Waals surface area contributed by atoms with Crippen LogP contribution in [0.25, 0.3) is 0 Å². The second kappa shape index (κ2) is 7.64. The first-order valence-electron chi connectivity index (χ1n) is 10.2. The Labute approximate surface area is 167 Å². The van der Waals surface area contributed by atoms with E-state index in [0.29, 0.717) is 13.0 Å². The predicted octanol–water partition coefficient (Wildman–Crippen LogP) is 3.46. The van der Waals surface area contributed by atoms with E-state index < -0.39 is 11.4 Å². The molecule has 1 unspecified atom stereocenters. The molecular weight excluding hydrogens is 354 g/mol. The fourth-order valence-corrected chi connectivity index (χ4v) is 4.03. The van der Waals surface area contributed by atoms with Gasteiger partial charge in [-0.25, -0.2) is 4.79 Å². The first-order valence-corrected chi connectivity index (χ1v) is 10.2. The number of benzene rings is 1. The minimum Gasteiger partial charge on any atom is -0.481 e. The van der Waals surface area contributed by atoms with E-state index in [1.165, 1.54) is 11.3 Å². The van der Waals surface area contributed by atoms with E-state index in [9.17, 15) is 14.7 Å². The smallest absolute Gasteiger partial charge is 0.317 e. The van der Waals surface area contributed by atoms with Gasteiger partial charge in [-0.2, -0.15) is 0 Å². The molecule has 2 aliphatic rings. The Balaban J connectivity index is 1.49. The highest BCUT2D eigenvalue weighted by atomic mass is 16.4. The third-order valence-corrected chi connectivity index (χ3v) is 6.20. The van der Waals surface area contributed by atoms with Crippen molar-refractivity contribution >= 4 is 17.7 Å². The lowest BCUT2D eigenvalue weighted by Crippen LogP contribution is -2.49. The maximum atomic E-state index is 12.5. The number of urea groups is 1. The van der Waals surface area contributed by atoms with Crippen LogP contribution in [0, 0.1) is 5.41 Å². The molecule has 0 aliphatic carbocycles. The molecule has 0 aromatic heterocycles. The summed E-state index contributed by atoms with van der Waals surface area (Å²) in [5.74, 6) is -0.825. The lowest BCUT2D eigenvalue weighted by atomic mass is 9.87. The number of rotatable bonds is 3. The average Bonchev–Trinajstić information content (AvgIpc) is 3.06. The van der Waals surface area contributed by atoms with Crippen LogP contribution in [0.1, 0.15) is 52.5 Å². The molecule has 2 amide bonds. The Morgan fingerprint density at radius 3 is 2.21 bits per heavy atom. The van der Waals surface area contributed by atoms with Crippen LogP contribution in [0.2, 0.25) is 0 Å². The molecule has 6 nitrogen and oxygen atoms in total. The zero-order valence-electron chi connectivity index (χ0n) is 17.5. The maximum Gasteiger partial charge on any atom is 0.317 e. The molecule has 0 bridgehead atoms. The van der Waals surface area contributed by atoms with E-state index in [0.717, 1.165) is 25.9 Å². The van der Waals surface area contributed by atoms with Crippen LogP contribution in [0.15, 0.2) is 24.3 Å². The number of anilines is 1. The second-order valence-electron chi connectivity index (χ2n) is 9.55. The van der Waals surface area contributed by atoms with E-state index in [1.807, 2.05) is 0 Å². The summed E-state index contributed by atoms with van der Waals surface area (Å²) < 4.78 is 0. The Bertz CT molecular complexity index is 718. The Hall–Kier alpha value is -2.24. The van der Waals surface area contributed by atoms with Gasteiger partial charge in [0.2, 0.25) is 0 Å². The quantitative estimate of drug-likeness (QED) is 0.833. The van der Waals surface area contributed by atoms with Crippen molar-refractivity contribution in [1.82, 2.24) is 10.2 Å². The number of hydrogen-bond donors (Lipinski definition) is 2. The summed E-state index contributed by atoms with van der Waals surface area (Å²) in [6.07, 6.45) is 2.31. The van der Waals surface area contributed by atoms with Gasteiger partial charge in [0, 0.05) is 37.9 Å². The minimum absolute atomic E-state index is 0.127. The number of likely N-dealkylation sites (tertiary alicyclic amines) is 1. The van der Waals surface area contributed by atoms with E-state index in [-0.39, 0.29) is 24.0 Å². The van der Waals surface area contributed by atoms with Gasteiger partial charge < -0.3 is 20.2 Å². The number of nitrogens with zero attached hydrogens (tertiary/aromatic N) is 2. The molecule has 2 heterocycles. The standard InChI is InChI=1S/C22H33N3O3/c1-21(2,3)16-5-7-18(8-6-16)24-12-9-17(10-13-24)23-20(28)25-14-11-22(4,15-25)19(26)27/h5-8,17H,9-15H2,1-4H3,(H,23,28)(H,26,27). The molecule has 2 N–H and O–H groups in total. The van der Waals surface area contributed by atoms with Crippen molar-refractivity contribution in [2.75, 3.05) is 31.1 Å². The highest BCUT2D eigenvalue weighted by Gasteiger charge is 2.42. The van der Waals surface area contributed by atoms with E-state index in [4.69, 9.17) is 0 Å². The number of amides is 2. The Morgan fingerprint density at radius 1 is 1.11 bits per heavy atom. The molecule has 0 saturated carbocycles. The van der Waals surface area contributed by atoms with Crippen molar-refractivity contribution < 1.29 is 14.7 Å². The normalized spacial score (nSPS) is 23.7. The summed E-state index contributed by atoms with van der Waals surface area (Å²) in [5.41, 5.74) is 1.90.